The fraction of sp³-hybridized carbons (Fsp3) is 0.167. The highest BCUT2D eigenvalue weighted by Gasteiger charge is 2.34. The summed E-state index contributed by atoms with van der Waals surface area (Å²) in [7, 11) is 0. The van der Waals surface area contributed by atoms with Crippen LogP contribution in [0.3, 0.4) is 0 Å². The highest BCUT2D eigenvalue weighted by atomic mass is 32.1. The van der Waals surface area contributed by atoms with Crippen molar-refractivity contribution in [2.24, 2.45) is 5.73 Å². The van der Waals surface area contributed by atoms with Crippen molar-refractivity contribution in [2.75, 3.05) is 11.9 Å². The molecule has 0 saturated heterocycles. The lowest BCUT2D eigenvalue weighted by Crippen LogP contribution is -2.28. The summed E-state index contributed by atoms with van der Waals surface area (Å²) in [4.78, 5) is 39.2. The summed E-state index contributed by atoms with van der Waals surface area (Å²) in [5.74, 6) is -2.55. The second-order valence-corrected chi connectivity index (χ2v) is 9.54. The molecule has 0 saturated carbocycles. The zero-order valence-corrected chi connectivity index (χ0v) is 21.5. The fourth-order valence-corrected chi connectivity index (χ4v) is 5.64. The Kier molecular flexibility index (Phi) is 8.15. The lowest BCUT2D eigenvalue weighted by molar-refractivity contribution is -0.117. The van der Waals surface area contributed by atoms with Gasteiger partial charge < -0.3 is 15.8 Å². The minimum absolute atomic E-state index is 0.115. The molecule has 0 radical (unpaired) electrons. The van der Waals surface area contributed by atoms with E-state index in [0.29, 0.717) is 5.56 Å². The van der Waals surface area contributed by atoms with Crippen molar-refractivity contribution in [1.82, 2.24) is 0 Å². The van der Waals surface area contributed by atoms with Gasteiger partial charge in [0.05, 0.1) is 18.1 Å². The number of carbonyl (C=O) groups excluding carboxylic acids is 3. The maximum atomic E-state index is 14.1. The monoisotopic (exact) mass is 512 g/mol. The van der Waals surface area contributed by atoms with Crippen LogP contribution in [0, 0.1) is 6.92 Å². The fourth-order valence-electron chi connectivity index (χ4n) is 4.53. The van der Waals surface area contributed by atoms with E-state index in [1.54, 1.807) is 13.8 Å². The molecule has 188 valence electrons. The van der Waals surface area contributed by atoms with E-state index in [9.17, 15) is 14.4 Å². The van der Waals surface area contributed by atoms with E-state index < -0.39 is 17.8 Å². The third-order valence-corrected chi connectivity index (χ3v) is 7.37. The van der Waals surface area contributed by atoms with E-state index in [2.05, 4.69) is 5.32 Å². The molecule has 6 nitrogen and oxygen atoms in total. The van der Waals surface area contributed by atoms with Gasteiger partial charge in [0.25, 0.3) is 5.91 Å². The van der Waals surface area contributed by atoms with E-state index in [0.717, 1.165) is 28.0 Å². The first-order valence-electron chi connectivity index (χ1n) is 12.0. The average Bonchev–Trinajstić information content (AvgIpc) is 3.24. The number of nitrogens with one attached hydrogen (secondary N) is 1. The number of nitrogens with two attached hydrogens (primary N) is 1. The highest BCUT2D eigenvalue weighted by molar-refractivity contribution is 7.18. The van der Waals surface area contributed by atoms with Crippen molar-refractivity contribution >= 4 is 34.1 Å². The molecule has 1 heterocycles. The topological polar surface area (TPSA) is 98.5 Å². The molecule has 1 atom stereocenters. The maximum Gasteiger partial charge on any atom is 0.348 e. The molecule has 0 aliphatic heterocycles. The van der Waals surface area contributed by atoms with Crippen molar-refractivity contribution in [1.29, 1.82) is 0 Å². The third-order valence-electron chi connectivity index (χ3n) is 6.18. The zero-order chi connectivity index (χ0) is 26.4. The predicted molar refractivity (Wildman–Crippen MR) is 146 cm³/mol. The van der Waals surface area contributed by atoms with Crippen LogP contribution in [0.2, 0.25) is 0 Å². The Balaban J connectivity index is 1.83. The van der Waals surface area contributed by atoms with E-state index in [1.807, 2.05) is 91.0 Å². The first-order valence-corrected chi connectivity index (χ1v) is 12.8. The molecule has 1 unspecified atom stereocenters. The number of anilines is 1. The number of ether oxygens (including phenoxy) is 1. The second kappa shape index (κ2) is 11.7. The van der Waals surface area contributed by atoms with Gasteiger partial charge in [0.2, 0.25) is 5.91 Å². The average molecular weight is 513 g/mol. The molecular weight excluding hydrogens is 484 g/mol. The predicted octanol–water partition coefficient (Wildman–Crippen LogP) is 5.89. The molecule has 4 rings (SSSR count). The van der Waals surface area contributed by atoms with Crippen LogP contribution < -0.4 is 11.1 Å². The molecule has 1 aromatic heterocycles. The first-order chi connectivity index (χ1) is 17.9. The molecule has 2 amide bonds. The minimum atomic E-state index is -0.724. The smallest absolute Gasteiger partial charge is 0.348 e. The van der Waals surface area contributed by atoms with Crippen LogP contribution in [0.15, 0.2) is 91.0 Å². The molecular formula is C30H28N2O4S. The molecule has 0 bridgehead atoms. The Hall–Kier alpha value is -4.23. The second-order valence-electron chi connectivity index (χ2n) is 8.52. The Bertz CT molecular complexity index is 1350. The van der Waals surface area contributed by atoms with Gasteiger partial charge in [-0.25, -0.2) is 4.79 Å². The molecule has 3 N–H and O–H groups in total. The Labute approximate surface area is 220 Å². The van der Waals surface area contributed by atoms with Crippen molar-refractivity contribution in [3.05, 3.63) is 124 Å². The van der Waals surface area contributed by atoms with Gasteiger partial charge in [0, 0.05) is 5.92 Å². The van der Waals surface area contributed by atoms with Crippen LogP contribution in [0.4, 0.5) is 5.00 Å². The number of primary amides is 1. The molecule has 0 aliphatic carbocycles. The lowest BCUT2D eigenvalue weighted by Gasteiger charge is -2.28. The number of hydrogen-bond donors (Lipinski definition) is 2. The van der Waals surface area contributed by atoms with Crippen molar-refractivity contribution in [3.63, 3.8) is 0 Å². The quantitative estimate of drug-likeness (QED) is 0.273. The highest BCUT2D eigenvalue weighted by Crippen LogP contribution is 2.41. The SMILES string of the molecule is CCOC(=O)c1sc(NC(=O)C(c2ccccc2)C(c2ccccc2)c2ccccc2)c(C(N)=O)c1C. The minimum Gasteiger partial charge on any atom is -0.462 e. The van der Waals surface area contributed by atoms with Gasteiger partial charge in [-0.05, 0) is 36.1 Å². The van der Waals surface area contributed by atoms with Gasteiger partial charge in [-0.1, -0.05) is 91.0 Å². The van der Waals surface area contributed by atoms with E-state index in [4.69, 9.17) is 10.5 Å². The van der Waals surface area contributed by atoms with E-state index in [1.165, 1.54) is 0 Å². The summed E-state index contributed by atoms with van der Waals surface area (Å²) < 4.78 is 5.14. The van der Waals surface area contributed by atoms with Gasteiger partial charge in [0.15, 0.2) is 0 Å². The number of esters is 1. The molecule has 7 heteroatoms. The first kappa shape index (κ1) is 25.9. The number of amides is 2. The molecule has 37 heavy (non-hydrogen) atoms. The summed E-state index contributed by atoms with van der Waals surface area (Å²) in [5.41, 5.74) is 8.95. The summed E-state index contributed by atoms with van der Waals surface area (Å²) in [5, 5.41) is 3.17. The maximum absolute atomic E-state index is 14.1. The lowest BCUT2D eigenvalue weighted by atomic mass is 9.76. The molecule has 4 aromatic rings. The molecule has 0 aliphatic rings. The van der Waals surface area contributed by atoms with Gasteiger partial charge in [0.1, 0.15) is 9.88 Å². The van der Waals surface area contributed by atoms with Gasteiger partial charge in [-0.2, -0.15) is 0 Å². The number of carbonyl (C=O) groups is 3. The van der Waals surface area contributed by atoms with Crippen LogP contribution in [-0.2, 0) is 9.53 Å². The normalized spacial score (nSPS) is 11.6. The van der Waals surface area contributed by atoms with Crippen molar-refractivity contribution in [3.8, 4) is 0 Å². The van der Waals surface area contributed by atoms with Crippen LogP contribution in [-0.4, -0.2) is 24.4 Å². The Morgan fingerprint density at radius 1 is 0.838 bits per heavy atom. The summed E-state index contributed by atoms with van der Waals surface area (Å²) in [6.45, 7) is 3.52. The van der Waals surface area contributed by atoms with Crippen LogP contribution >= 0.6 is 11.3 Å². The Morgan fingerprint density at radius 2 is 1.32 bits per heavy atom. The standard InChI is InChI=1S/C30H28N2O4S/c1-3-36-30(35)26-19(2)23(27(31)33)29(37-26)32-28(34)25(22-17-11-6-12-18-22)24(20-13-7-4-8-14-20)21-15-9-5-10-16-21/h4-18,24-25H,3H2,1-2H3,(H2,31,33)(H,32,34). The summed E-state index contributed by atoms with van der Waals surface area (Å²) in [6.07, 6.45) is 0. The van der Waals surface area contributed by atoms with Crippen LogP contribution in [0.5, 0.6) is 0 Å². The van der Waals surface area contributed by atoms with Crippen LogP contribution in [0.25, 0.3) is 0 Å². The summed E-state index contributed by atoms with van der Waals surface area (Å²) in [6, 6.07) is 29.2. The van der Waals surface area contributed by atoms with Gasteiger partial charge in [-0.15, -0.1) is 11.3 Å². The number of rotatable bonds is 9. The van der Waals surface area contributed by atoms with Crippen LogP contribution in [0.1, 0.15) is 61.0 Å². The molecule has 3 aromatic carbocycles. The van der Waals surface area contributed by atoms with Crippen molar-refractivity contribution in [2.45, 2.75) is 25.7 Å². The van der Waals surface area contributed by atoms with Crippen molar-refractivity contribution < 1.29 is 19.1 Å². The van der Waals surface area contributed by atoms with E-state index in [-0.39, 0.29) is 33.9 Å². The third kappa shape index (κ3) is 5.62. The zero-order valence-electron chi connectivity index (χ0n) is 20.6. The molecule has 0 spiro atoms. The van der Waals surface area contributed by atoms with E-state index >= 15 is 0 Å². The van der Waals surface area contributed by atoms with Gasteiger partial charge in [-0.3, -0.25) is 9.59 Å². The molecule has 0 fully saturated rings. The number of benzene rings is 3. The Morgan fingerprint density at radius 3 is 1.78 bits per heavy atom. The largest absolute Gasteiger partial charge is 0.462 e. The number of thiophene rings is 1. The summed E-state index contributed by atoms with van der Waals surface area (Å²) >= 11 is 0.999. The number of hydrogen-bond acceptors (Lipinski definition) is 5. The van der Waals surface area contributed by atoms with Gasteiger partial charge >= 0.3 is 5.97 Å².